The van der Waals surface area contributed by atoms with E-state index < -0.39 is 0 Å². The van der Waals surface area contributed by atoms with E-state index in [4.69, 9.17) is 0 Å². The van der Waals surface area contributed by atoms with Gasteiger partial charge in [-0.1, -0.05) is 39.0 Å². The van der Waals surface area contributed by atoms with Crippen LogP contribution in [0.4, 0.5) is 0 Å². The molecule has 1 rings (SSSR count). The molecular formula is C13H21NO. The van der Waals surface area contributed by atoms with Crippen molar-refractivity contribution in [3.05, 3.63) is 24.3 Å². The molecule has 1 atom stereocenters. The molecule has 0 fully saturated rings. The molecule has 0 spiro atoms. The third kappa shape index (κ3) is 3.54. The highest BCUT2D eigenvalue weighted by molar-refractivity contribution is 5.87. The number of hydrogen-bond donors (Lipinski definition) is 1. The number of allylic oxidation sites excluding steroid dienone is 1. The molecule has 2 nitrogen and oxygen atoms in total. The summed E-state index contributed by atoms with van der Waals surface area (Å²) in [5.74, 6) is -0.0600. The Balaban J connectivity index is 2.58. The molecule has 0 radical (unpaired) electrons. The molecule has 1 N–H and O–H groups in total. The molecule has 1 unspecified atom stereocenters. The Bertz CT molecular complexity index is 283. The molecule has 1 aliphatic carbocycles. The van der Waals surface area contributed by atoms with E-state index in [1.54, 1.807) is 0 Å². The maximum Gasteiger partial charge on any atom is 0.243 e. The standard InChI is InChI=1S/C13H21NO/c1-5-12(15)14-11-8-6-7-10(9-11)13(2,3)4/h5,7,11H,1,6,8-9H2,2-4H3,(H,14,15). The third-order valence-corrected chi connectivity index (χ3v) is 2.87. The van der Waals surface area contributed by atoms with Gasteiger partial charge in [-0.25, -0.2) is 0 Å². The second kappa shape index (κ2) is 4.65. The van der Waals surface area contributed by atoms with Crippen molar-refractivity contribution in [2.45, 2.75) is 46.1 Å². The van der Waals surface area contributed by atoms with E-state index in [0.29, 0.717) is 0 Å². The predicted molar refractivity (Wildman–Crippen MR) is 63.5 cm³/mol. The molecule has 0 aliphatic heterocycles. The summed E-state index contributed by atoms with van der Waals surface area (Å²) >= 11 is 0. The lowest BCUT2D eigenvalue weighted by atomic mass is 9.78. The van der Waals surface area contributed by atoms with E-state index in [1.807, 2.05) is 0 Å². The van der Waals surface area contributed by atoms with Crippen molar-refractivity contribution in [1.29, 1.82) is 0 Å². The molecule has 2 heteroatoms. The molecule has 0 aromatic heterocycles. The fraction of sp³-hybridized carbons (Fsp3) is 0.615. The lowest BCUT2D eigenvalue weighted by Crippen LogP contribution is -2.36. The second-order valence-electron chi connectivity index (χ2n) is 5.17. The van der Waals surface area contributed by atoms with E-state index >= 15 is 0 Å². The predicted octanol–water partition coefficient (Wildman–Crippen LogP) is 2.81. The van der Waals surface area contributed by atoms with Crippen LogP contribution in [0.5, 0.6) is 0 Å². The summed E-state index contributed by atoms with van der Waals surface area (Å²) in [7, 11) is 0. The van der Waals surface area contributed by atoms with Crippen molar-refractivity contribution in [1.82, 2.24) is 5.32 Å². The highest BCUT2D eigenvalue weighted by atomic mass is 16.1. The molecule has 0 bridgehead atoms. The molecule has 0 heterocycles. The first-order chi connectivity index (χ1) is 6.93. The molecule has 0 saturated heterocycles. The van der Waals surface area contributed by atoms with Crippen LogP contribution < -0.4 is 5.32 Å². The van der Waals surface area contributed by atoms with E-state index in [2.05, 4.69) is 38.7 Å². The van der Waals surface area contributed by atoms with Gasteiger partial charge in [0.2, 0.25) is 5.91 Å². The minimum absolute atomic E-state index is 0.0600. The summed E-state index contributed by atoms with van der Waals surface area (Å²) in [4.78, 5) is 11.2. The van der Waals surface area contributed by atoms with Crippen molar-refractivity contribution >= 4 is 5.91 Å². The van der Waals surface area contributed by atoms with E-state index in [9.17, 15) is 4.79 Å². The van der Waals surface area contributed by atoms with Crippen LogP contribution in [-0.2, 0) is 4.79 Å². The minimum Gasteiger partial charge on any atom is -0.350 e. The Morgan fingerprint density at radius 2 is 2.27 bits per heavy atom. The van der Waals surface area contributed by atoms with Crippen LogP contribution in [0.3, 0.4) is 0 Å². The summed E-state index contributed by atoms with van der Waals surface area (Å²) < 4.78 is 0. The number of hydrogen-bond acceptors (Lipinski definition) is 1. The van der Waals surface area contributed by atoms with Crippen LogP contribution in [0.1, 0.15) is 40.0 Å². The Kier molecular flexibility index (Phi) is 3.72. The van der Waals surface area contributed by atoms with Gasteiger partial charge in [-0.2, -0.15) is 0 Å². The van der Waals surface area contributed by atoms with Gasteiger partial charge < -0.3 is 5.32 Å². The van der Waals surface area contributed by atoms with Crippen molar-refractivity contribution in [3.63, 3.8) is 0 Å². The van der Waals surface area contributed by atoms with Crippen molar-refractivity contribution in [2.24, 2.45) is 5.41 Å². The summed E-state index contributed by atoms with van der Waals surface area (Å²) in [6.07, 6.45) is 6.74. The van der Waals surface area contributed by atoms with Crippen LogP contribution in [0.15, 0.2) is 24.3 Å². The highest BCUT2D eigenvalue weighted by Crippen LogP contribution is 2.33. The Morgan fingerprint density at radius 3 is 2.80 bits per heavy atom. The number of carbonyl (C=O) groups excluding carboxylic acids is 1. The fourth-order valence-electron chi connectivity index (χ4n) is 1.91. The van der Waals surface area contributed by atoms with E-state index in [-0.39, 0.29) is 17.4 Å². The summed E-state index contributed by atoms with van der Waals surface area (Å²) in [5.41, 5.74) is 1.67. The molecule has 1 aliphatic rings. The number of nitrogens with one attached hydrogen (secondary N) is 1. The maximum atomic E-state index is 11.2. The smallest absolute Gasteiger partial charge is 0.243 e. The molecule has 1 amide bonds. The van der Waals surface area contributed by atoms with Crippen LogP contribution in [0.2, 0.25) is 0 Å². The Hall–Kier alpha value is -1.05. The van der Waals surface area contributed by atoms with E-state index in [0.717, 1.165) is 19.3 Å². The highest BCUT2D eigenvalue weighted by Gasteiger charge is 2.24. The molecule has 0 saturated carbocycles. The third-order valence-electron chi connectivity index (χ3n) is 2.87. The minimum atomic E-state index is -0.0600. The van der Waals surface area contributed by atoms with Gasteiger partial charge in [-0.05, 0) is 30.8 Å². The normalized spacial score (nSPS) is 21.8. The molecule has 0 aromatic carbocycles. The van der Waals surface area contributed by atoms with Crippen molar-refractivity contribution in [3.8, 4) is 0 Å². The monoisotopic (exact) mass is 207 g/mol. The quantitative estimate of drug-likeness (QED) is 0.547. The summed E-state index contributed by atoms with van der Waals surface area (Å²) in [6, 6.07) is 0.287. The zero-order chi connectivity index (χ0) is 11.5. The topological polar surface area (TPSA) is 29.1 Å². The lowest BCUT2D eigenvalue weighted by molar-refractivity contribution is -0.117. The largest absolute Gasteiger partial charge is 0.350 e. The van der Waals surface area contributed by atoms with Crippen LogP contribution in [0.25, 0.3) is 0 Å². The van der Waals surface area contributed by atoms with Gasteiger partial charge in [0.15, 0.2) is 0 Å². The van der Waals surface area contributed by atoms with Gasteiger partial charge in [0.1, 0.15) is 0 Å². The molecule has 15 heavy (non-hydrogen) atoms. The van der Waals surface area contributed by atoms with Gasteiger partial charge in [-0.3, -0.25) is 4.79 Å². The van der Waals surface area contributed by atoms with Gasteiger partial charge in [0, 0.05) is 6.04 Å². The Morgan fingerprint density at radius 1 is 1.60 bits per heavy atom. The molecular weight excluding hydrogens is 186 g/mol. The first-order valence-corrected chi connectivity index (χ1v) is 5.56. The van der Waals surface area contributed by atoms with E-state index in [1.165, 1.54) is 11.6 Å². The van der Waals surface area contributed by atoms with Crippen LogP contribution in [0, 0.1) is 5.41 Å². The fourth-order valence-corrected chi connectivity index (χ4v) is 1.91. The van der Waals surface area contributed by atoms with Crippen LogP contribution in [-0.4, -0.2) is 11.9 Å². The zero-order valence-corrected chi connectivity index (χ0v) is 9.97. The van der Waals surface area contributed by atoms with Crippen molar-refractivity contribution in [2.75, 3.05) is 0 Å². The maximum absolute atomic E-state index is 11.2. The zero-order valence-electron chi connectivity index (χ0n) is 9.97. The van der Waals surface area contributed by atoms with Crippen molar-refractivity contribution < 1.29 is 4.79 Å². The second-order valence-corrected chi connectivity index (χ2v) is 5.17. The number of carbonyl (C=O) groups is 1. The first-order valence-electron chi connectivity index (χ1n) is 5.56. The summed E-state index contributed by atoms with van der Waals surface area (Å²) in [6.45, 7) is 10.1. The number of rotatable bonds is 2. The summed E-state index contributed by atoms with van der Waals surface area (Å²) in [5, 5.41) is 2.97. The average molecular weight is 207 g/mol. The van der Waals surface area contributed by atoms with Gasteiger partial charge >= 0.3 is 0 Å². The molecule has 84 valence electrons. The Labute approximate surface area is 92.4 Å². The lowest BCUT2D eigenvalue weighted by Gasteiger charge is -2.31. The average Bonchev–Trinajstić information content (AvgIpc) is 2.17. The van der Waals surface area contributed by atoms with Gasteiger partial charge in [0.05, 0.1) is 0 Å². The molecule has 0 aromatic rings. The van der Waals surface area contributed by atoms with Gasteiger partial charge in [-0.15, -0.1) is 0 Å². The first kappa shape index (κ1) is 12.0. The SMILES string of the molecule is C=CC(=O)NC1CCC=C(C(C)(C)C)C1. The van der Waals surface area contributed by atoms with Gasteiger partial charge in [0.25, 0.3) is 0 Å². The number of amides is 1. The van der Waals surface area contributed by atoms with Crippen LogP contribution >= 0.6 is 0 Å².